The van der Waals surface area contributed by atoms with Crippen molar-refractivity contribution in [2.45, 2.75) is 6.92 Å². The Hall–Kier alpha value is -2.95. The normalized spacial score (nSPS) is 11.8. The number of aromatic amines is 1. The molecule has 0 aliphatic carbocycles. The second kappa shape index (κ2) is 5.20. The van der Waals surface area contributed by atoms with Crippen LogP contribution in [0.4, 0.5) is 5.69 Å². The van der Waals surface area contributed by atoms with E-state index in [1.54, 1.807) is 6.07 Å². The zero-order chi connectivity index (χ0) is 14.8. The maximum atomic E-state index is 10.8. The van der Waals surface area contributed by atoms with Crippen molar-refractivity contribution < 1.29 is 4.92 Å². The first-order valence-corrected chi connectivity index (χ1v) is 6.51. The van der Waals surface area contributed by atoms with Gasteiger partial charge in [0.25, 0.3) is 5.69 Å². The first-order valence-electron chi connectivity index (χ1n) is 6.51. The van der Waals surface area contributed by atoms with Crippen LogP contribution in [0.1, 0.15) is 18.3 Å². The van der Waals surface area contributed by atoms with Gasteiger partial charge in [-0.3, -0.25) is 10.1 Å². The highest BCUT2D eigenvalue weighted by Gasteiger charge is 2.10. The molecule has 3 rings (SSSR count). The molecule has 0 saturated carbocycles. The van der Waals surface area contributed by atoms with Gasteiger partial charge in [0.2, 0.25) is 0 Å². The summed E-state index contributed by atoms with van der Waals surface area (Å²) in [5.41, 5.74) is 3.50. The third-order valence-corrected chi connectivity index (χ3v) is 3.23. The van der Waals surface area contributed by atoms with Crippen LogP contribution in [0.3, 0.4) is 0 Å². The zero-order valence-corrected chi connectivity index (χ0v) is 11.4. The predicted molar refractivity (Wildman–Crippen MR) is 82.7 cm³/mol. The number of nitro benzene ring substituents is 1. The van der Waals surface area contributed by atoms with Gasteiger partial charge in [0.1, 0.15) is 5.82 Å². The molecule has 1 N–H and O–H groups in total. The SMILES string of the molecule is C/C(=C\c1ccccc1)c1nc2ccc([N+](=O)[O-])cc2[nH]1. The van der Waals surface area contributed by atoms with Crippen LogP contribution in [-0.2, 0) is 0 Å². The molecule has 0 spiro atoms. The van der Waals surface area contributed by atoms with E-state index in [1.807, 2.05) is 43.3 Å². The molecular formula is C16H13N3O2. The van der Waals surface area contributed by atoms with Crippen LogP contribution in [0.25, 0.3) is 22.7 Å². The number of hydrogen-bond acceptors (Lipinski definition) is 3. The van der Waals surface area contributed by atoms with E-state index in [2.05, 4.69) is 9.97 Å². The highest BCUT2D eigenvalue weighted by Crippen LogP contribution is 2.22. The monoisotopic (exact) mass is 279 g/mol. The number of fused-ring (bicyclic) bond motifs is 1. The van der Waals surface area contributed by atoms with Crippen molar-refractivity contribution in [2.75, 3.05) is 0 Å². The van der Waals surface area contributed by atoms with Gasteiger partial charge in [0.15, 0.2) is 0 Å². The van der Waals surface area contributed by atoms with Crippen LogP contribution >= 0.6 is 0 Å². The Labute approximate surface area is 121 Å². The molecule has 1 aromatic heterocycles. The lowest BCUT2D eigenvalue weighted by Crippen LogP contribution is -1.86. The molecule has 0 amide bonds. The Bertz CT molecular complexity index is 835. The molecule has 0 unspecified atom stereocenters. The van der Waals surface area contributed by atoms with Crippen molar-refractivity contribution in [1.29, 1.82) is 0 Å². The summed E-state index contributed by atoms with van der Waals surface area (Å²) in [6.07, 6.45) is 2.02. The van der Waals surface area contributed by atoms with Crippen molar-refractivity contribution in [1.82, 2.24) is 9.97 Å². The minimum absolute atomic E-state index is 0.0578. The van der Waals surface area contributed by atoms with Crippen molar-refractivity contribution >= 4 is 28.4 Å². The Balaban J connectivity index is 2.01. The first kappa shape index (κ1) is 13.1. The van der Waals surface area contributed by atoms with Gasteiger partial charge in [-0.15, -0.1) is 0 Å². The van der Waals surface area contributed by atoms with Crippen LogP contribution in [0.15, 0.2) is 48.5 Å². The summed E-state index contributed by atoms with van der Waals surface area (Å²) in [5, 5.41) is 10.8. The molecule has 0 saturated heterocycles. The van der Waals surface area contributed by atoms with Gasteiger partial charge in [0.05, 0.1) is 16.0 Å². The van der Waals surface area contributed by atoms with Gasteiger partial charge in [-0.1, -0.05) is 30.3 Å². The summed E-state index contributed by atoms with van der Waals surface area (Å²) in [6, 6.07) is 14.6. The number of nitro groups is 1. The number of nitrogens with one attached hydrogen (secondary N) is 1. The third kappa shape index (κ3) is 2.67. The van der Waals surface area contributed by atoms with Gasteiger partial charge < -0.3 is 4.98 Å². The number of benzene rings is 2. The van der Waals surface area contributed by atoms with Crippen LogP contribution in [0, 0.1) is 10.1 Å². The van der Waals surface area contributed by atoms with Crippen LogP contribution < -0.4 is 0 Å². The second-order valence-electron chi connectivity index (χ2n) is 4.78. The molecule has 0 aliphatic rings. The Morgan fingerprint density at radius 2 is 2.00 bits per heavy atom. The van der Waals surface area contributed by atoms with Crippen molar-refractivity contribution in [3.8, 4) is 0 Å². The van der Waals surface area contributed by atoms with Crippen LogP contribution in [-0.4, -0.2) is 14.9 Å². The zero-order valence-electron chi connectivity index (χ0n) is 11.4. The van der Waals surface area contributed by atoms with Gasteiger partial charge in [-0.05, 0) is 30.2 Å². The summed E-state index contributed by atoms with van der Waals surface area (Å²) in [6.45, 7) is 1.96. The van der Waals surface area contributed by atoms with E-state index in [1.165, 1.54) is 12.1 Å². The third-order valence-electron chi connectivity index (χ3n) is 3.23. The van der Waals surface area contributed by atoms with E-state index in [9.17, 15) is 10.1 Å². The molecule has 21 heavy (non-hydrogen) atoms. The summed E-state index contributed by atoms with van der Waals surface area (Å²) in [4.78, 5) is 18.0. The van der Waals surface area contributed by atoms with Gasteiger partial charge >= 0.3 is 0 Å². The fourth-order valence-electron chi connectivity index (χ4n) is 2.17. The highest BCUT2D eigenvalue weighted by molar-refractivity contribution is 5.84. The molecule has 5 nitrogen and oxygen atoms in total. The number of nitrogens with zero attached hydrogens (tertiary/aromatic N) is 2. The fraction of sp³-hybridized carbons (Fsp3) is 0.0625. The maximum Gasteiger partial charge on any atom is 0.271 e. The molecule has 0 fully saturated rings. The molecular weight excluding hydrogens is 266 g/mol. The number of aromatic nitrogens is 2. The second-order valence-corrected chi connectivity index (χ2v) is 4.78. The van der Waals surface area contributed by atoms with E-state index in [0.29, 0.717) is 11.3 Å². The number of hydrogen-bond donors (Lipinski definition) is 1. The summed E-state index contributed by atoms with van der Waals surface area (Å²) < 4.78 is 0. The lowest BCUT2D eigenvalue weighted by Gasteiger charge is -1.96. The smallest absolute Gasteiger partial charge is 0.271 e. The summed E-state index contributed by atoms with van der Waals surface area (Å²) >= 11 is 0. The van der Waals surface area contributed by atoms with E-state index in [-0.39, 0.29) is 5.69 Å². The van der Waals surface area contributed by atoms with Gasteiger partial charge in [0, 0.05) is 12.1 Å². The van der Waals surface area contributed by atoms with Gasteiger partial charge in [-0.25, -0.2) is 4.98 Å². The maximum absolute atomic E-state index is 10.8. The molecule has 2 aromatic carbocycles. The van der Waals surface area contributed by atoms with Crippen molar-refractivity contribution in [3.63, 3.8) is 0 Å². The number of H-pyrrole nitrogens is 1. The van der Waals surface area contributed by atoms with E-state index >= 15 is 0 Å². The molecule has 0 radical (unpaired) electrons. The lowest BCUT2D eigenvalue weighted by atomic mass is 10.1. The molecule has 3 aromatic rings. The van der Waals surface area contributed by atoms with E-state index in [4.69, 9.17) is 0 Å². The average molecular weight is 279 g/mol. The van der Waals surface area contributed by atoms with Gasteiger partial charge in [-0.2, -0.15) is 0 Å². The summed E-state index contributed by atoms with van der Waals surface area (Å²) in [7, 11) is 0. The molecule has 104 valence electrons. The minimum Gasteiger partial charge on any atom is -0.338 e. The molecule has 5 heteroatoms. The number of allylic oxidation sites excluding steroid dienone is 1. The molecule has 0 aliphatic heterocycles. The fourth-order valence-corrected chi connectivity index (χ4v) is 2.17. The number of non-ortho nitro benzene ring substituents is 1. The van der Waals surface area contributed by atoms with Crippen molar-refractivity contribution in [3.05, 3.63) is 70.0 Å². The highest BCUT2D eigenvalue weighted by atomic mass is 16.6. The Morgan fingerprint density at radius 1 is 1.24 bits per heavy atom. The van der Waals surface area contributed by atoms with Crippen LogP contribution in [0.5, 0.6) is 0 Å². The first-order chi connectivity index (χ1) is 10.1. The molecule has 0 atom stereocenters. The standard InChI is InChI=1S/C16H13N3O2/c1-11(9-12-5-3-2-4-6-12)16-17-14-8-7-13(19(20)21)10-15(14)18-16/h2-10H,1H3,(H,17,18)/b11-9+. The summed E-state index contributed by atoms with van der Waals surface area (Å²) in [5.74, 6) is 0.717. The lowest BCUT2D eigenvalue weighted by molar-refractivity contribution is -0.384. The van der Waals surface area contributed by atoms with E-state index < -0.39 is 4.92 Å². The van der Waals surface area contributed by atoms with Crippen LogP contribution in [0.2, 0.25) is 0 Å². The number of imidazole rings is 1. The van der Waals surface area contributed by atoms with E-state index in [0.717, 1.165) is 16.7 Å². The Kier molecular flexibility index (Phi) is 3.23. The average Bonchev–Trinajstić information content (AvgIpc) is 2.91. The largest absolute Gasteiger partial charge is 0.338 e. The topological polar surface area (TPSA) is 71.8 Å². The molecule has 0 bridgehead atoms. The predicted octanol–water partition coefficient (Wildman–Crippen LogP) is 4.03. The number of rotatable bonds is 3. The quantitative estimate of drug-likeness (QED) is 0.581. The Morgan fingerprint density at radius 3 is 2.71 bits per heavy atom. The van der Waals surface area contributed by atoms with Crippen molar-refractivity contribution in [2.24, 2.45) is 0 Å². The minimum atomic E-state index is -0.410. The molecule has 1 heterocycles.